The number of nitriles is 2. The van der Waals surface area contributed by atoms with Crippen molar-refractivity contribution in [2.24, 2.45) is 0 Å². The number of nitrogens with zero attached hydrogens (tertiary/aromatic N) is 2. The molecule has 0 saturated heterocycles. The van der Waals surface area contributed by atoms with Crippen molar-refractivity contribution in [1.29, 1.82) is 10.5 Å². The number of benzene rings is 1. The van der Waals surface area contributed by atoms with Crippen LogP contribution in [0, 0.1) is 22.7 Å². The van der Waals surface area contributed by atoms with E-state index in [0.717, 1.165) is 0 Å². The van der Waals surface area contributed by atoms with E-state index in [-0.39, 0.29) is 22.8 Å². The molecule has 1 rings (SSSR count). The predicted octanol–water partition coefficient (Wildman–Crippen LogP) is 2.38. The molecule has 0 aliphatic rings. The molecule has 5 heteroatoms. The Hall–Kier alpha value is -2.04. The molecule has 1 atom stereocenters. The third-order valence-corrected chi connectivity index (χ3v) is 2.44. The minimum atomic E-state index is -1.12. The van der Waals surface area contributed by atoms with Gasteiger partial charge in [0, 0.05) is 0 Å². The van der Waals surface area contributed by atoms with Crippen molar-refractivity contribution in [3.05, 3.63) is 34.3 Å². The number of carbonyl (C=O) groups is 1. The molecule has 0 aliphatic heterocycles. The molecule has 0 spiro atoms. The molecule has 1 aromatic carbocycles. The first-order valence-electron chi connectivity index (χ1n) is 4.90. The maximum absolute atomic E-state index is 11.6. The van der Waals surface area contributed by atoms with Crippen LogP contribution < -0.4 is 0 Å². The van der Waals surface area contributed by atoms with E-state index in [0.29, 0.717) is 0 Å². The van der Waals surface area contributed by atoms with Gasteiger partial charge in [0.1, 0.15) is 6.07 Å². The van der Waals surface area contributed by atoms with Gasteiger partial charge >= 0.3 is 5.97 Å². The fraction of sp³-hybridized carbons (Fsp3) is 0.250. The van der Waals surface area contributed by atoms with Crippen LogP contribution in [0.3, 0.4) is 0 Å². The number of hydrogen-bond donors (Lipinski definition) is 0. The lowest BCUT2D eigenvalue weighted by molar-refractivity contribution is -0.143. The molecule has 4 nitrogen and oxygen atoms in total. The maximum atomic E-state index is 11.6. The lowest BCUT2D eigenvalue weighted by Gasteiger charge is -2.10. The van der Waals surface area contributed by atoms with Crippen molar-refractivity contribution in [2.45, 2.75) is 12.8 Å². The van der Waals surface area contributed by atoms with Crippen LogP contribution in [-0.2, 0) is 9.53 Å². The number of hydrogen-bond acceptors (Lipinski definition) is 4. The summed E-state index contributed by atoms with van der Waals surface area (Å²) in [5.41, 5.74) is 0.412. The third-order valence-electron chi connectivity index (χ3n) is 2.12. The van der Waals surface area contributed by atoms with Crippen molar-refractivity contribution in [3.8, 4) is 12.1 Å². The highest BCUT2D eigenvalue weighted by Gasteiger charge is 2.25. The molecule has 0 fully saturated rings. The van der Waals surface area contributed by atoms with Crippen molar-refractivity contribution in [2.75, 3.05) is 6.61 Å². The Kier molecular flexibility index (Phi) is 4.51. The van der Waals surface area contributed by atoms with Gasteiger partial charge in [-0.25, -0.2) is 0 Å². The lowest BCUT2D eigenvalue weighted by Crippen LogP contribution is -2.15. The third kappa shape index (κ3) is 2.75. The van der Waals surface area contributed by atoms with E-state index in [1.807, 2.05) is 12.1 Å². The molecule has 17 heavy (non-hydrogen) atoms. The van der Waals surface area contributed by atoms with Crippen LogP contribution in [0.25, 0.3) is 0 Å². The van der Waals surface area contributed by atoms with E-state index >= 15 is 0 Å². The van der Waals surface area contributed by atoms with Crippen LogP contribution in [0.15, 0.2) is 18.2 Å². The Bertz CT molecular complexity index is 514. The normalized spacial score (nSPS) is 11.1. The predicted molar refractivity (Wildman–Crippen MR) is 61.2 cm³/mol. The Morgan fingerprint density at radius 2 is 2.24 bits per heavy atom. The van der Waals surface area contributed by atoms with Crippen LogP contribution in [0.5, 0.6) is 0 Å². The first-order valence-corrected chi connectivity index (χ1v) is 5.28. The Balaban J connectivity index is 3.23. The Morgan fingerprint density at radius 3 is 2.76 bits per heavy atom. The summed E-state index contributed by atoms with van der Waals surface area (Å²) < 4.78 is 4.77. The van der Waals surface area contributed by atoms with Crippen LogP contribution >= 0.6 is 11.6 Å². The highest BCUT2D eigenvalue weighted by Crippen LogP contribution is 2.26. The van der Waals surface area contributed by atoms with E-state index in [4.69, 9.17) is 26.9 Å². The quantitative estimate of drug-likeness (QED) is 0.770. The number of halogens is 1. The lowest BCUT2D eigenvalue weighted by atomic mass is 9.96. The summed E-state index contributed by atoms with van der Waals surface area (Å²) >= 11 is 5.83. The van der Waals surface area contributed by atoms with Gasteiger partial charge in [0.25, 0.3) is 0 Å². The smallest absolute Gasteiger partial charge is 0.327 e. The fourth-order valence-corrected chi connectivity index (χ4v) is 1.60. The van der Waals surface area contributed by atoms with Gasteiger partial charge in [-0.15, -0.1) is 0 Å². The molecule has 0 aliphatic carbocycles. The fourth-order valence-electron chi connectivity index (χ4n) is 1.37. The van der Waals surface area contributed by atoms with Crippen LogP contribution in [0.1, 0.15) is 24.0 Å². The van der Waals surface area contributed by atoms with Gasteiger partial charge < -0.3 is 4.74 Å². The molecule has 0 amide bonds. The van der Waals surface area contributed by atoms with E-state index in [2.05, 4.69) is 0 Å². The summed E-state index contributed by atoms with van der Waals surface area (Å²) in [5, 5.41) is 18.2. The van der Waals surface area contributed by atoms with Gasteiger partial charge in [-0.3, -0.25) is 4.79 Å². The van der Waals surface area contributed by atoms with Crippen molar-refractivity contribution in [1.82, 2.24) is 0 Å². The van der Waals surface area contributed by atoms with Gasteiger partial charge in [0.2, 0.25) is 0 Å². The molecule has 86 valence electrons. The number of ether oxygens (including phenoxy) is 1. The molecule has 0 radical (unpaired) electrons. The second-order valence-electron chi connectivity index (χ2n) is 3.13. The molecule has 0 bridgehead atoms. The number of rotatable bonds is 3. The summed E-state index contributed by atoms with van der Waals surface area (Å²) in [6.45, 7) is 1.83. The molecular weight excluding hydrogens is 240 g/mol. The summed E-state index contributed by atoms with van der Waals surface area (Å²) in [4.78, 5) is 11.6. The van der Waals surface area contributed by atoms with E-state index in [1.54, 1.807) is 13.0 Å². The Labute approximate surface area is 104 Å². The van der Waals surface area contributed by atoms with Gasteiger partial charge in [0.15, 0.2) is 5.92 Å². The van der Waals surface area contributed by atoms with Crippen molar-refractivity contribution >= 4 is 17.6 Å². The SMILES string of the molecule is CCOC(=O)C(C#N)c1cccc(Cl)c1C#N. The molecular formula is C12H9ClN2O2. The van der Waals surface area contributed by atoms with E-state index in [9.17, 15) is 4.79 Å². The van der Waals surface area contributed by atoms with Gasteiger partial charge in [0.05, 0.1) is 23.3 Å². The first kappa shape index (κ1) is 13.0. The topological polar surface area (TPSA) is 73.9 Å². The number of esters is 1. The summed E-state index contributed by atoms with van der Waals surface area (Å²) in [5.74, 6) is -1.79. The molecule has 0 aromatic heterocycles. The number of carbonyl (C=O) groups excluding carboxylic acids is 1. The second kappa shape index (κ2) is 5.89. The average molecular weight is 249 g/mol. The highest BCUT2D eigenvalue weighted by molar-refractivity contribution is 6.31. The van der Waals surface area contributed by atoms with Gasteiger partial charge in [-0.1, -0.05) is 23.7 Å². The van der Waals surface area contributed by atoms with Crippen molar-refractivity contribution in [3.63, 3.8) is 0 Å². The highest BCUT2D eigenvalue weighted by atomic mass is 35.5. The zero-order valence-electron chi connectivity index (χ0n) is 9.11. The first-order chi connectivity index (χ1) is 8.15. The zero-order chi connectivity index (χ0) is 12.8. The van der Waals surface area contributed by atoms with Crippen molar-refractivity contribution < 1.29 is 9.53 Å². The summed E-state index contributed by atoms with van der Waals surface area (Å²) in [6, 6.07) is 8.34. The zero-order valence-corrected chi connectivity index (χ0v) is 9.86. The minimum Gasteiger partial charge on any atom is -0.465 e. The van der Waals surface area contributed by atoms with E-state index in [1.165, 1.54) is 12.1 Å². The average Bonchev–Trinajstić information content (AvgIpc) is 2.30. The molecule has 0 heterocycles. The van der Waals surface area contributed by atoms with Crippen LogP contribution in [0.4, 0.5) is 0 Å². The molecule has 0 N–H and O–H groups in total. The second-order valence-corrected chi connectivity index (χ2v) is 3.54. The summed E-state index contributed by atoms with van der Waals surface area (Å²) in [6.07, 6.45) is 0. The standard InChI is InChI=1S/C12H9ClN2O2/c1-2-17-12(16)10(7-15)8-4-3-5-11(13)9(8)6-14/h3-5,10H,2H2,1H3. The molecule has 1 unspecified atom stereocenters. The van der Waals surface area contributed by atoms with Gasteiger partial charge in [-0.05, 0) is 18.6 Å². The monoisotopic (exact) mass is 248 g/mol. The van der Waals surface area contributed by atoms with E-state index < -0.39 is 11.9 Å². The van der Waals surface area contributed by atoms with Crippen LogP contribution in [0.2, 0.25) is 5.02 Å². The minimum absolute atomic E-state index is 0.133. The molecule has 0 saturated carbocycles. The summed E-state index contributed by atoms with van der Waals surface area (Å²) in [7, 11) is 0. The van der Waals surface area contributed by atoms with Crippen LogP contribution in [-0.4, -0.2) is 12.6 Å². The largest absolute Gasteiger partial charge is 0.465 e. The maximum Gasteiger partial charge on any atom is 0.327 e. The molecule has 1 aromatic rings. The van der Waals surface area contributed by atoms with Gasteiger partial charge in [-0.2, -0.15) is 10.5 Å². The Morgan fingerprint density at radius 1 is 1.53 bits per heavy atom.